The van der Waals surface area contributed by atoms with E-state index in [4.69, 9.17) is 5.73 Å². The van der Waals surface area contributed by atoms with Crippen LogP contribution in [0.25, 0.3) is 10.8 Å². The van der Waals surface area contributed by atoms with Crippen molar-refractivity contribution in [3.8, 4) is 0 Å². The van der Waals surface area contributed by atoms with Crippen LogP contribution < -0.4 is 10.8 Å². The van der Waals surface area contributed by atoms with Gasteiger partial charge in [0, 0.05) is 10.5 Å². The van der Waals surface area contributed by atoms with Crippen LogP contribution in [0.1, 0.15) is 21.3 Å². The fraction of sp³-hybridized carbons (Fsp3) is 0.0556. The van der Waals surface area contributed by atoms with Crippen LogP contribution in [0, 0.1) is 0 Å². The van der Waals surface area contributed by atoms with Crippen LogP contribution in [0.15, 0.2) is 65.6 Å². The predicted octanol–water partition coefficient (Wildman–Crippen LogP) is 3.94. The number of benzene rings is 3. The first-order chi connectivity index (χ1) is 11.1. The van der Waals surface area contributed by atoms with Gasteiger partial charge in [0.2, 0.25) is 5.91 Å². The Labute approximate surface area is 137 Å². The number of carbonyl (C=O) groups is 1. The summed E-state index contributed by atoms with van der Waals surface area (Å²) in [5.74, 6) is -0.466. The normalized spacial score (nSPS) is 16.6. The molecule has 0 aliphatic carbocycles. The highest BCUT2D eigenvalue weighted by atomic mass is 32.2. The highest BCUT2D eigenvalue weighted by Gasteiger charge is 2.31. The van der Waals surface area contributed by atoms with E-state index < -0.39 is 5.91 Å². The highest BCUT2D eigenvalue weighted by Crippen LogP contribution is 2.50. The van der Waals surface area contributed by atoms with E-state index >= 15 is 0 Å². The van der Waals surface area contributed by atoms with Crippen LogP contribution in [-0.2, 0) is 0 Å². The summed E-state index contributed by atoms with van der Waals surface area (Å²) in [5, 5.41) is 13.8. The molecule has 0 aromatic heterocycles. The molecule has 4 nitrogen and oxygen atoms in total. The van der Waals surface area contributed by atoms with Crippen LogP contribution in [0.2, 0.25) is 0 Å². The molecule has 0 saturated carbocycles. The molecule has 1 heterocycles. The number of fused-ring (bicyclic) bond motifs is 2. The molecule has 1 unspecified atom stereocenters. The maximum absolute atomic E-state index is 11.3. The van der Waals surface area contributed by atoms with Gasteiger partial charge in [0.25, 0.3) is 0 Å². The number of nitrogens with zero attached hydrogens (tertiary/aromatic N) is 1. The summed E-state index contributed by atoms with van der Waals surface area (Å²) in [5.41, 5.74) is 7.47. The first kappa shape index (κ1) is 14.1. The third kappa shape index (κ3) is 2.34. The Bertz CT molecular complexity index is 926. The molecule has 4 rings (SSSR count). The number of anilines is 1. The molecule has 114 valence electrons. The molecule has 3 aromatic rings. The van der Waals surface area contributed by atoms with Crippen molar-refractivity contribution in [1.82, 2.24) is 0 Å². The third-order valence-corrected chi connectivity index (χ3v) is 5.29. The number of hydrogen-bond acceptors (Lipinski definition) is 4. The van der Waals surface area contributed by atoms with Crippen LogP contribution in [0.5, 0.6) is 0 Å². The lowest BCUT2D eigenvalue weighted by atomic mass is 10.1. The quantitative estimate of drug-likeness (QED) is 0.750. The fourth-order valence-corrected chi connectivity index (χ4v) is 4.03. The highest BCUT2D eigenvalue weighted by molar-refractivity contribution is 8.00. The van der Waals surface area contributed by atoms with Gasteiger partial charge < -0.3 is 5.73 Å². The number of nitrogens with two attached hydrogens (primary N) is 1. The molecule has 0 spiro atoms. The van der Waals surface area contributed by atoms with Crippen molar-refractivity contribution in [1.29, 1.82) is 0 Å². The Morgan fingerprint density at radius 2 is 1.83 bits per heavy atom. The molecule has 23 heavy (non-hydrogen) atoms. The summed E-state index contributed by atoms with van der Waals surface area (Å²) in [4.78, 5) is 12.2. The molecule has 3 aromatic carbocycles. The van der Waals surface area contributed by atoms with Gasteiger partial charge >= 0.3 is 0 Å². The van der Waals surface area contributed by atoms with E-state index in [0.29, 0.717) is 11.3 Å². The standard InChI is InChI=1S/C18H14N2O2S/c19-17(21)13-7-8-15-16(10-13)23-18(20(15)22)14-6-5-11-3-1-2-4-12(11)9-14/h1-10,18,22H,(H2,19,21). The lowest BCUT2D eigenvalue weighted by molar-refractivity contribution is 0.1000. The topological polar surface area (TPSA) is 66.6 Å². The van der Waals surface area contributed by atoms with Crippen LogP contribution in [0.3, 0.4) is 0 Å². The van der Waals surface area contributed by atoms with E-state index in [1.54, 1.807) is 18.2 Å². The van der Waals surface area contributed by atoms with Crippen molar-refractivity contribution in [2.45, 2.75) is 10.3 Å². The van der Waals surface area contributed by atoms with Gasteiger partial charge in [-0.2, -0.15) is 0 Å². The van der Waals surface area contributed by atoms with Gasteiger partial charge in [-0.15, -0.1) is 0 Å². The summed E-state index contributed by atoms with van der Waals surface area (Å²) in [6.45, 7) is 0. The summed E-state index contributed by atoms with van der Waals surface area (Å²) >= 11 is 1.51. The van der Waals surface area contributed by atoms with E-state index in [-0.39, 0.29) is 5.37 Å². The molecule has 3 N–H and O–H groups in total. The van der Waals surface area contributed by atoms with Gasteiger partial charge in [-0.1, -0.05) is 48.2 Å². The number of hydrogen-bond donors (Lipinski definition) is 2. The average molecular weight is 322 g/mol. The maximum atomic E-state index is 11.3. The monoisotopic (exact) mass is 322 g/mol. The molecule has 1 aliphatic rings. The Balaban J connectivity index is 1.73. The van der Waals surface area contributed by atoms with Gasteiger partial charge in [-0.25, -0.2) is 5.06 Å². The van der Waals surface area contributed by atoms with Gasteiger partial charge in [0.1, 0.15) is 5.37 Å². The second kappa shape index (κ2) is 5.30. The molecule has 0 saturated heterocycles. The van der Waals surface area contributed by atoms with Crippen molar-refractivity contribution in [2.75, 3.05) is 5.06 Å². The molecule has 0 fully saturated rings. The Kier molecular flexibility index (Phi) is 3.25. The van der Waals surface area contributed by atoms with Gasteiger partial charge in [0.15, 0.2) is 0 Å². The number of primary amides is 1. The molecule has 1 aliphatic heterocycles. The van der Waals surface area contributed by atoms with E-state index in [1.165, 1.54) is 16.8 Å². The number of carbonyl (C=O) groups excluding carboxylic acids is 1. The van der Waals surface area contributed by atoms with Crippen molar-refractivity contribution < 1.29 is 10.0 Å². The first-order valence-corrected chi connectivity index (χ1v) is 8.09. The summed E-state index contributed by atoms with van der Waals surface area (Å²) in [6, 6.07) is 19.4. The number of rotatable bonds is 2. The first-order valence-electron chi connectivity index (χ1n) is 7.21. The molecule has 5 heteroatoms. The average Bonchev–Trinajstić information content (AvgIpc) is 2.91. The van der Waals surface area contributed by atoms with E-state index in [2.05, 4.69) is 24.3 Å². The van der Waals surface area contributed by atoms with E-state index in [0.717, 1.165) is 21.2 Å². The smallest absolute Gasteiger partial charge is 0.248 e. The number of thioether (sulfide) groups is 1. The Morgan fingerprint density at radius 1 is 1.04 bits per heavy atom. The van der Waals surface area contributed by atoms with Crippen molar-refractivity contribution >= 4 is 34.1 Å². The second-order valence-electron chi connectivity index (χ2n) is 5.47. The zero-order chi connectivity index (χ0) is 16.0. The SMILES string of the molecule is NC(=O)c1ccc2c(c1)SC(c1ccc3ccccc3c1)N2O. The lowest BCUT2D eigenvalue weighted by Crippen LogP contribution is -2.18. The Hall–Kier alpha value is -2.50. The Morgan fingerprint density at radius 3 is 2.61 bits per heavy atom. The fourth-order valence-electron chi connectivity index (χ4n) is 2.82. The molecule has 1 atom stereocenters. The molecule has 0 radical (unpaired) electrons. The maximum Gasteiger partial charge on any atom is 0.248 e. The van der Waals surface area contributed by atoms with Crippen molar-refractivity contribution in [3.63, 3.8) is 0 Å². The van der Waals surface area contributed by atoms with Crippen LogP contribution in [-0.4, -0.2) is 11.1 Å². The minimum absolute atomic E-state index is 0.238. The minimum Gasteiger partial charge on any atom is -0.366 e. The van der Waals surface area contributed by atoms with Gasteiger partial charge in [-0.3, -0.25) is 10.0 Å². The third-order valence-electron chi connectivity index (χ3n) is 4.01. The summed E-state index contributed by atoms with van der Waals surface area (Å²) in [6.07, 6.45) is 0. The minimum atomic E-state index is -0.466. The van der Waals surface area contributed by atoms with Gasteiger partial charge in [-0.05, 0) is 40.6 Å². The zero-order valence-electron chi connectivity index (χ0n) is 12.1. The van der Waals surface area contributed by atoms with Crippen molar-refractivity contribution in [3.05, 3.63) is 71.8 Å². The van der Waals surface area contributed by atoms with Gasteiger partial charge in [0.05, 0.1) is 5.69 Å². The van der Waals surface area contributed by atoms with Crippen LogP contribution >= 0.6 is 11.8 Å². The molecule has 1 amide bonds. The molecule has 0 bridgehead atoms. The summed E-state index contributed by atoms with van der Waals surface area (Å²) < 4.78 is 0. The van der Waals surface area contributed by atoms with E-state index in [1.807, 2.05) is 18.2 Å². The molecular formula is C18H14N2O2S. The number of amides is 1. The predicted molar refractivity (Wildman–Crippen MR) is 91.8 cm³/mol. The van der Waals surface area contributed by atoms with Crippen LogP contribution in [0.4, 0.5) is 5.69 Å². The summed E-state index contributed by atoms with van der Waals surface area (Å²) in [7, 11) is 0. The molecular weight excluding hydrogens is 308 g/mol. The van der Waals surface area contributed by atoms with E-state index in [9.17, 15) is 10.0 Å². The number of hydroxylamine groups is 1. The zero-order valence-corrected chi connectivity index (χ0v) is 13.0. The second-order valence-corrected chi connectivity index (χ2v) is 6.59. The largest absolute Gasteiger partial charge is 0.366 e. The van der Waals surface area contributed by atoms with Crippen molar-refractivity contribution in [2.24, 2.45) is 5.73 Å². The lowest BCUT2D eigenvalue weighted by Gasteiger charge is -2.19.